The number of hydrogen-bond acceptors (Lipinski definition) is 4. The summed E-state index contributed by atoms with van der Waals surface area (Å²) in [4.78, 5) is 22.6. The van der Waals surface area contributed by atoms with E-state index in [2.05, 4.69) is 10.6 Å². The van der Waals surface area contributed by atoms with Crippen LogP contribution in [0, 0.1) is 0 Å². The second-order valence-corrected chi connectivity index (χ2v) is 4.15. The summed E-state index contributed by atoms with van der Waals surface area (Å²) in [5, 5.41) is 4.74. The van der Waals surface area contributed by atoms with Gasteiger partial charge in [-0.2, -0.15) is 0 Å². The van der Waals surface area contributed by atoms with Crippen molar-refractivity contribution in [2.45, 2.75) is 12.5 Å². The molecule has 1 saturated heterocycles. The largest absolute Gasteiger partial charge is 0.490 e. The Labute approximate surface area is 103 Å². The fraction of sp³-hybridized carbons (Fsp3) is 0.333. The molecule has 2 aliphatic rings. The average Bonchev–Trinajstić information content (AvgIpc) is 2.58. The maximum atomic E-state index is 11.6. The lowest BCUT2D eigenvalue weighted by atomic mass is 10.1. The lowest BCUT2D eigenvalue weighted by Crippen LogP contribution is -2.22. The molecule has 3 rings (SSSR count). The van der Waals surface area contributed by atoms with Crippen molar-refractivity contribution in [3.05, 3.63) is 23.8 Å². The highest BCUT2D eigenvalue weighted by atomic mass is 16.5. The van der Waals surface area contributed by atoms with Crippen molar-refractivity contribution in [2.75, 3.05) is 13.2 Å². The highest BCUT2D eigenvalue weighted by Crippen LogP contribution is 2.32. The molecule has 6 heteroatoms. The van der Waals surface area contributed by atoms with E-state index < -0.39 is 12.1 Å². The Bertz CT molecular complexity index is 515. The minimum absolute atomic E-state index is 0.352. The van der Waals surface area contributed by atoms with Gasteiger partial charge in [-0.05, 0) is 17.7 Å². The molecular weight excluding hydrogens is 236 g/mol. The van der Waals surface area contributed by atoms with E-state index in [0.717, 1.165) is 6.42 Å². The molecule has 0 spiro atoms. The third-order valence-electron chi connectivity index (χ3n) is 2.88. The summed E-state index contributed by atoms with van der Waals surface area (Å²) in [7, 11) is 0. The smallest absolute Gasteiger partial charge is 0.322 e. The summed E-state index contributed by atoms with van der Waals surface area (Å²) in [6.07, 6.45) is 0.824. The topological polar surface area (TPSA) is 76.7 Å². The maximum absolute atomic E-state index is 11.6. The van der Waals surface area contributed by atoms with Crippen molar-refractivity contribution in [2.24, 2.45) is 0 Å². The van der Waals surface area contributed by atoms with Gasteiger partial charge in [0.15, 0.2) is 11.5 Å². The van der Waals surface area contributed by atoms with Crippen LogP contribution in [0.5, 0.6) is 11.5 Å². The summed E-state index contributed by atoms with van der Waals surface area (Å²) in [5.41, 5.74) is 0.683. The number of ether oxygens (including phenoxy) is 2. The summed E-state index contributed by atoms with van der Waals surface area (Å²) in [6, 6.07) is 4.11. The SMILES string of the molecule is O=C1NC(=O)C(c2ccc3c(c2)OCCCO3)N1. The minimum atomic E-state index is -0.658. The van der Waals surface area contributed by atoms with Gasteiger partial charge in [0.25, 0.3) is 5.91 Å². The van der Waals surface area contributed by atoms with E-state index in [0.29, 0.717) is 30.3 Å². The predicted molar refractivity (Wildman–Crippen MR) is 61.5 cm³/mol. The van der Waals surface area contributed by atoms with E-state index >= 15 is 0 Å². The highest BCUT2D eigenvalue weighted by molar-refractivity contribution is 6.04. The number of carbonyl (C=O) groups is 2. The Balaban J connectivity index is 1.92. The van der Waals surface area contributed by atoms with Gasteiger partial charge in [-0.1, -0.05) is 6.07 Å². The summed E-state index contributed by atoms with van der Waals surface area (Å²) >= 11 is 0. The Morgan fingerprint density at radius 1 is 1.11 bits per heavy atom. The Kier molecular flexibility index (Phi) is 2.55. The van der Waals surface area contributed by atoms with E-state index in [1.807, 2.05) is 0 Å². The average molecular weight is 248 g/mol. The Morgan fingerprint density at radius 2 is 1.89 bits per heavy atom. The second kappa shape index (κ2) is 4.21. The summed E-state index contributed by atoms with van der Waals surface area (Å²) < 4.78 is 11.0. The molecule has 1 aromatic rings. The van der Waals surface area contributed by atoms with E-state index in [4.69, 9.17) is 9.47 Å². The normalized spacial score (nSPS) is 22.1. The molecule has 2 heterocycles. The van der Waals surface area contributed by atoms with Gasteiger partial charge in [0.05, 0.1) is 13.2 Å². The first-order valence-corrected chi connectivity index (χ1v) is 5.75. The molecule has 1 atom stereocenters. The molecule has 1 aromatic carbocycles. The van der Waals surface area contributed by atoms with Crippen molar-refractivity contribution in [3.63, 3.8) is 0 Å². The van der Waals surface area contributed by atoms with Gasteiger partial charge in [0, 0.05) is 6.42 Å². The number of rotatable bonds is 1. The number of carbonyl (C=O) groups excluding carboxylic acids is 2. The maximum Gasteiger partial charge on any atom is 0.322 e. The van der Waals surface area contributed by atoms with Crippen LogP contribution in [0.3, 0.4) is 0 Å². The molecule has 1 unspecified atom stereocenters. The molecule has 0 radical (unpaired) electrons. The number of hydrogen-bond donors (Lipinski definition) is 2. The summed E-state index contributed by atoms with van der Waals surface area (Å²) in [5.74, 6) is 0.925. The number of imide groups is 1. The standard InChI is InChI=1S/C12H12N2O4/c15-11-10(13-12(16)14-11)7-2-3-8-9(6-7)18-5-1-4-17-8/h2-3,6,10H,1,4-5H2,(H2,13,14,15,16). The third-order valence-corrected chi connectivity index (χ3v) is 2.88. The van der Waals surface area contributed by atoms with Gasteiger partial charge in [-0.25, -0.2) is 4.79 Å². The number of urea groups is 1. The molecule has 0 bridgehead atoms. The zero-order valence-corrected chi connectivity index (χ0v) is 9.56. The van der Waals surface area contributed by atoms with Crippen LogP contribution in [-0.4, -0.2) is 25.2 Å². The quantitative estimate of drug-likeness (QED) is 0.718. The third kappa shape index (κ3) is 1.85. The monoisotopic (exact) mass is 248 g/mol. The van der Waals surface area contributed by atoms with Crippen molar-refractivity contribution < 1.29 is 19.1 Å². The van der Waals surface area contributed by atoms with E-state index in [1.165, 1.54) is 0 Å². The van der Waals surface area contributed by atoms with Crippen molar-refractivity contribution in [1.29, 1.82) is 0 Å². The van der Waals surface area contributed by atoms with E-state index in [-0.39, 0.29) is 5.91 Å². The first-order valence-electron chi connectivity index (χ1n) is 5.75. The molecule has 6 nitrogen and oxygen atoms in total. The predicted octanol–water partition coefficient (Wildman–Crippen LogP) is 0.728. The first kappa shape index (κ1) is 10.9. The number of amides is 3. The molecule has 2 N–H and O–H groups in total. The van der Waals surface area contributed by atoms with Gasteiger partial charge in [-0.3, -0.25) is 10.1 Å². The van der Waals surface area contributed by atoms with Crippen molar-refractivity contribution in [3.8, 4) is 11.5 Å². The fourth-order valence-electron chi connectivity index (χ4n) is 2.01. The van der Waals surface area contributed by atoms with E-state index in [1.54, 1.807) is 18.2 Å². The van der Waals surface area contributed by atoms with Crippen molar-refractivity contribution in [1.82, 2.24) is 10.6 Å². The number of benzene rings is 1. The van der Waals surface area contributed by atoms with Crippen LogP contribution in [0.4, 0.5) is 4.79 Å². The zero-order valence-electron chi connectivity index (χ0n) is 9.56. The summed E-state index contributed by atoms with van der Waals surface area (Å²) in [6.45, 7) is 1.20. The Hall–Kier alpha value is -2.24. The van der Waals surface area contributed by atoms with Gasteiger partial charge < -0.3 is 14.8 Å². The minimum Gasteiger partial charge on any atom is -0.490 e. The molecule has 3 amide bonds. The molecule has 0 saturated carbocycles. The lowest BCUT2D eigenvalue weighted by molar-refractivity contribution is -0.120. The van der Waals surface area contributed by atoms with Gasteiger partial charge in [0.1, 0.15) is 6.04 Å². The van der Waals surface area contributed by atoms with Crippen LogP contribution >= 0.6 is 0 Å². The van der Waals surface area contributed by atoms with Gasteiger partial charge in [0.2, 0.25) is 0 Å². The van der Waals surface area contributed by atoms with E-state index in [9.17, 15) is 9.59 Å². The van der Waals surface area contributed by atoms with Crippen LogP contribution in [0.2, 0.25) is 0 Å². The molecule has 2 aliphatic heterocycles. The number of fused-ring (bicyclic) bond motifs is 1. The van der Waals surface area contributed by atoms with Crippen LogP contribution in [0.1, 0.15) is 18.0 Å². The molecule has 94 valence electrons. The van der Waals surface area contributed by atoms with Crippen molar-refractivity contribution >= 4 is 11.9 Å². The van der Waals surface area contributed by atoms with Gasteiger partial charge in [-0.15, -0.1) is 0 Å². The zero-order chi connectivity index (χ0) is 12.5. The van der Waals surface area contributed by atoms with Crippen LogP contribution in [0.15, 0.2) is 18.2 Å². The molecule has 0 aromatic heterocycles. The van der Waals surface area contributed by atoms with Crippen LogP contribution in [-0.2, 0) is 4.79 Å². The molecule has 1 fully saturated rings. The number of nitrogens with one attached hydrogen (secondary N) is 2. The molecule has 0 aliphatic carbocycles. The molecular formula is C12H12N2O4. The molecule has 18 heavy (non-hydrogen) atoms. The first-order chi connectivity index (χ1) is 8.74. The van der Waals surface area contributed by atoms with Gasteiger partial charge >= 0.3 is 6.03 Å². The van der Waals surface area contributed by atoms with Crippen LogP contribution in [0.25, 0.3) is 0 Å². The highest BCUT2D eigenvalue weighted by Gasteiger charge is 2.31. The lowest BCUT2D eigenvalue weighted by Gasteiger charge is -2.12. The van der Waals surface area contributed by atoms with Crippen LogP contribution < -0.4 is 20.1 Å². The fourth-order valence-corrected chi connectivity index (χ4v) is 2.01. The second-order valence-electron chi connectivity index (χ2n) is 4.15. The Morgan fingerprint density at radius 3 is 2.61 bits per heavy atom.